The van der Waals surface area contributed by atoms with Crippen LogP contribution in [0, 0.1) is 17.9 Å². The molecule has 174 valence electrons. The SMILES string of the molecule is [C-]#[N+]C(C)(COc1cc(C#N)ccc1C(F)(F)F)CC(=O)c1ccc(S(=O)C(F)(F)F)cc1. The van der Waals surface area contributed by atoms with Crippen molar-refractivity contribution in [3.05, 3.63) is 70.6 Å². The zero-order chi connectivity index (χ0) is 25.0. The third-order valence-electron chi connectivity index (χ3n) is 4.37. The summed E-state index contributed by atoms with van der Waals surface area (Å²) in [5.74, 6) is -1.36. The van der Waals surface area contributed by atoms with E-state index in [4.69, 9.17) is 16.6 Å². The van der Waals surface area contributed by atoms with E-state index in [1.807, 2.05) is 0 Å². The Morgan fingerprint density at radius 2 is 1.73 bits per heavy atom. The van der Waals surface area contributed by atoms with Crippen LogP contribution in [0.1, 0.15) is 34.8 Å². The molecule has 2 atom stereocenters. The molecule has 0 aromatic heterocycles. The predicted molar refractivity (Wildman–Crippen MR) is 105 cm³/mol. The fourth-order valence-corrected chi connectivity index (χ4v) is 3.30. The van der Waals surface area contributed by atoms with Gasteiger partial charge in [0.05, 0.1) is 23.6 Å². The van der Waals surface area contributed by atoms with Gasteiger partial charge in [-0.2, -0.15) is 31.6 Å². The van der Waals surface area contributed by atoms with Crippen LogP contribution in [0.4, 0.5) is 26.3 Å². The van der Waals surface area contributed by atoms with E-state index in [1.54, 1.807) is 6.07 Å². The van der Waals surface area contributed by atoms with Gasteiger partial charge >= 0.3 is 11.7 Å². The third kappa shape index (κ3) is 6.56. The normalized spacial score (nSPS) is 14.5. The third-order valence-corrected chi connectivity index (χ3v) is 5.49. The standard InChI is InChI=1S/C21H14F6N2O3S/c1-19(29-2,12-32-18-9-13(11-28)3-8-16(18)20(22,23)24)10-17(30)14-4-6-15(7-5-14)33(31)21(25,26)27/h3-9H,10,12H2,1H3. The number of benzene rings is 2. The lowest BCUT2D eigenvalue weighted by Crippen LogP contribution is -2.32. The van der Waals surface area contributed by atoms with Crippen molar-refractivity contribution in [2.45, 2.75) is 35.5 Å². The number of hydrogen-bond acceptors (Lipinski definition) is 4. The van der Waals surface area contributed by atoms with Gasteiger partial charge < -0.3 is 9.58 Å². The van der Waals surface area contributed by atoms with Crippen LogP contribution in [0.2, 0.25) is 0 Å². The second kappa shape index (κ2) is 9.63. The number of ketones is 1. The van der Waals surface area contributed by atoms with Gasteiger partial charge in [0.25, 0.3) is 5.54 Å². The minimum absolute atomic E-state index is 0.0738. The summed E-state index contributed by atoms with van der Waals surface area (Å²) in [6, 6.07) is 7.95. The smallest absolute Gasteiger partial charge is 0.475 e. The zero-order valence-electron chi connectivity index (χ0n) is 16.8. The lowest BCUT2D eigenvalue weighted by atomic mass is 9.94. The molecule has 2 rings (SSSR count). The number of nitriles is 1. The Morgan fingerprint density at radius 1 is 1.12 bits per heavy atom. The maximum atomic E-state index is 13.2. The Hall–Kier alpha value is -3.38. The average Bonchev–Trinajstić information content (AvgIpc) is 2.75. The first-order valence-electron chi connectivity index (χ1n) is 8.95. The number of Topliss-reactive ketones (excluding diaryl/α,β-unsaturated/α-hetero) is 1. The Morgan fingerprint density at radius 3 is 2.21 bits per heavy atom. The maximum absolute atomic E-state index is 13.2. The molecular weight excluding hydrogens is 474 g/mol. The highest BCUT2D eigenvalue weighted by atomic mass is 32.2. The highest BCUT2D eigenvalue weighted by molar-refractivity contribution is 7.86. The lowest BCUT2D eigenvalue weighted by Gasteiger charge is -2.20. The van der Waals surface area contributed by atoms with Crippen LogP contribution in [-0.4, -0.2) is 27.6 Å². The molecule has 2 aromatic rings. The van der Waals surface area contributed by atoms with E-state index in [9.17, 15) is 35.3 Å². The van der Waals surface area contributed by atoms with Gasteiger partial charge in [-0.05, 0) is 30.3 Å². The van der Waals surface area contributed by atoms with Crippen molar-refractivity contribution in [3.63, 3.8) is 0 Å². The fourth-order valence-electron chi connectivity index (χ4n) is 2.65. The highest BCUT2D eigenvalue weighted by Gasteiger charge is 2.39. The summed E-state index contributed by atoms with van der Waals surface area (Å²) in [6.45, 7) is 7.99. The number of hydrogen-bond donors (Lipinski definition) is 0. The molecule has 0 spiro atoms. The molecule has 0 aliphatic heterocycles. The molecule has 0 N–H and O–H groups in total. The predicted octanol–water partition coefficient (Wildman–Crippen LogP) is 5.53. The molecule has 2 unspecified atom stereocenters. The minimum Gasteiger partial charge on any atom is -0.484 e. The van der Waals surface area contributed by atoms with Crippen molar-refractivity contribution in [1.82, 2.24) is 0 Å². The number of alkyl halides is 6. The van der Waals surface area contributed by atoms with Crippen molar-refractivity contribution in [3.8, 4) is 11.8 Å². The van der Waals surface area contributed by atoms with Crippen molar-refractivity contribution in [2.75, 3.05) is 6.61 Å². The van der Waals surface area contributed by atoms with E-state index in [1.165, 1.54) is 6.92 Å². The molecule has 12 heteroatoms. The molecule has 0 fully saturated rings. The zero-order valence-corrected chi connectivity index (χ0v) is 17.6. The van der Waals surface area contributed by atoms with Gasteiger partial charge in [0.1, 0.15) is 5.75 Å². The molecule has 5 nitrogen and oxygen atoms in total. The molecule has 33 heavy (non-hydrogen) atoms. The minimum atomic E-state index is -4.97. The number of carbonyl (C=O) groups excluding carboxylic acids is 1. The molecule has 2 aromatic carbocycles. The van der Waals surface area contributed by atoms with Crippen LogP contribution in [-0.2, 0) is 17.0 Å². The van der Waals surface area contributed by atoms with E-state index in [2.05, 4.69) is 4.85 Å². The van der Waals surface area contributed by atoms with E-state index in [0.29, 0.717) is 6.07 Å². The van der Waals surface area contributed by atoms with E-state index in [-0.39, 0.29) is 11.1 Å². The van der Waals surface area contributed by atoms with Gasteiger partial charge in [-0.15, -0.1) is 0 Å². The molecule has 0 amide bonds. The second-order valence-electron chi connectivity index (χ2n) is 7.06. The molecule has 0 radical (unpaired) electrons. The van der Waals surface area contributed by atoms with Crippen LogP contribution in [0.25, 0.3) is 4.85 Å². The summed E-state index contributed by atoms with van der Waals surface area (Å²) in [5.41, 5.74) is -7.92. The largest absolute Gasteiger partial charge is 0.484 e. The maximum Gasteiger partial charge on any atom is 0.475 e. The number of ether oxygens (including phenoxy) is 1. The Labute approximate surface area is 186 Å². The first kappa shape index (κ1) is 25.9. The van der Waals surface area contributed by atoms with Crippen LogP contribution in [0.5, 0.6) is 5.75 Å². The van der Waals surface area contributed by atoms with E-state index in [0.717, 1.165) is 36.4 Å². The Bertz CT molecular complexity index is 1150. The first-order valence-corrected chi connectivity index (χ1v) is 10.1. The fraction of sp³-hybridized carbons (Fsp3) is 0.286. The van der Waals surface area contributed by atoms with Gasteiger partial charge in [-0.3, -0.25) is 4.79 Å². The van der Waals surface area contributed by atoms with Gasteiger partial charge in [-0.25, -0.2) is 10.8 Å². The van der Waals surface area contributed by atoms with Crippen LogP contribution in [0.3, 0.4) is 0 Å². The Kier molecular flexibility index (Phi) is 7.55. The Balaban J connectivity index is 2.19. The number of rotatable bonds is 7. The number of halogens is 6. The van der Waals surface area contributed by atoms with Crippen molar-refractivity contribution in [2.24, 2.45) is 0 Å². The van der Waals surface area contributed by atoms with Gasteiger partial charge in [0.15, 0.2) is 23.2 Å². The molecule has 0 aliphatic rings. The van der Waals surface area contributed by atoms with Gasteiger partial charge in [-0.1, -0.05) is 12.1 Å². The topological polar surface area (TPSA) is 71.5 Å². The first-order chi connectivity index (χ1) is 15.2. The van der Waals surface area contributed by atoms with Crippen molar-refractivity contribution >= 4 is 16.6 Å². The molecule has 0 bridgehead atoms. The summed E-state index contributed by atoms with van der Waals surface area (Å²) in [7, 11) is -3.27. The van der Waals surface area contributed by atoms with Gasteiger partial charge in [0.2, 0.25) is 0 Å². The second-order valence-corrected chi connectivity index (χ2v) is 8.53. The monoisotopic (exact) mass is 488 g/mol. The van der Waals surface area contributed by atoms with E-state index >= 15 is 0 Å². The average molecular weight is 488 g/mol. The van der Waals surface area contributed by atoms with Crippen molar-refractivity contribution in [1.29, 1.82) is 5.26 Å². The lowest BCUT2D eigenvalue weighted by molar-refractivity contribution is -0.139. The number of nitrogens with zero attached hydrogens (tertiary/aromatic N) is 2. The molecular formula is C21H14F6N2O3S. The molecule has 0 saturated carbocycles. The molecule has 0 aliphatic carbocycles. The quantitative estimate of drug-likeness (QED) is 0.292. The van der Waals surface area contributed by atoms with Crippen LogP contribution < -0.4 is 4.74 Å². The van der Waals surface area contributed by atoms with Crippen molar-refractivity contribution < 1.29 is 40.1 Å². The summed E-state index contributed by atoms with van der Waals surface area (Å²) in [5, 5.41) is 8.91. The van der Waals surface area contributed by atoms with Gasteiger partial charge in [0, 0.05) is 17.4 Å². The number of carbonyl (C=O) groups is 1. The summed E-state index contributed by atoms with van der Waals surface area (Å²) in [4.78, 5) is 15.2. The molecule has 0 saturated heterocycles. The van der Waals surface area contributed by atoms with E-state index < -0.39 is 63.0 Å². The summed E-state index contributed by atoms with van der Waals surface area (Å²) < 4.78 is 93.8. The summed E-state index contributed by atoms with van der Waals surface area (Å²) in [6.07, 6.45) is -5.30. The summed E-state index contributed by atoms with van der Waals surface area (Å²) >= 11 is 0. The van der Waals surface area contributed by atoms with Crippen LogP contribution >= 0.6 is 0 Å². The highest BCUT2D eigenvalue weighted by Crippen LogP contribution is 2.37. The van der Waals surface area contributed by atoms with Crippen LogP contribution in [0.15, 0.2) is 47.4 Å². The molecule has 0 heterocycles.